The van der Waals surface area contributed by atoms with Crippen molar-refractivity contribution in [1.82, 2.24) is 15.1 Å². The molecule has 1 amide bonds. The van der Waals surface area contributed by atoms with E-state index in [9.17, 15) is 4.79 Å². The van der Waals surface area contributed by atoms with Gasteiger partial charge in [-0.15, -0.1) is 0 Å². The maximum atomic E-state index is 12.2. The van der Waals surface area contributed by atoms with Gasteiger partial charge < -0.3 is 19.9 Å². The van der Waals surface area contributed by atoms with Crippen molar-refractivity contribution in [2.45, 2.75) is 38.4 Å². The summed E-state index contributed by atoms with van der Waals surface area (Å²) in [7, 11) is 2.14. The fourth-order valence-electron chi connectivity index (χ4n) is 2.80. The Labute approximate surface area is 109 Å². The van der Waals surface area contributed by atoms with Crippen molar-refractivity contribution >= 4 is 5.91 Å². The first-order chi connectivity index (χ1) is 8.58. The molecule has 2 saturated heterocycles. The van der Waals surface area contributed by atoms with Crippen LogP contribution in [0.1, 0.15) is 20.3 Å². The molecule has 0 aromatic heterocycles. The number of morpholine rings is 1. The Bertz CT molecular complexity index is 282. The average Bonchev–Trinajstić information content (AvgIpc) is 2.68. The minimum atomic E-state index is -0.0909. The van der Waals surface area contributed by atoms with Crippen molar-refractivity contribution in [1.29, 1.82) is 0 Å². The van der Waals surface area contributed by atoms with Crippen molar-refractivity contribution in [3.05, 3.63) is 0 Å². The number of rotatable bonds is 3. The van der Waals surface area contributed by atoms with Crippen LogP contribution in [-0.4, -0.2) is 73.7 Å². The smallest absolute Gasteiger partial charge is 0.239 e. The maximum Gasteiger partial charge on any atom is 0.239 e. The molecule has 2 heterocycles. The molecule has 18 heavy (non-hydrogen) atoms. The van der Waals surface area contributed by atoms with E-state index < -0.39 is 0 Å². The zero-order chi connectivity index (χ0) is 13.1. The Morgan fingerprint density at radius 1 is 1.39 bits per heavy atom. The predicted molar refractivity (Wildman–Crippen MR) is 70.5 cm³/mol. The summed E-state index contributed by atoms with van der Waals surface area (Å²) >= 11 is 0. The first kappa shape index (κ1) is 13.8. The fraction of sp³-hybridized carbons (Fsp3) is 0.923. The second-order valence-electron chi connectivity index (χ2n) is 5.55. The van der Waals surface area contributed by atoms with E-state index in [1.54, 1.807) is 0 Å². The van der Waals surface area contributed by atoms with Gasteiger partial charge in [-0.1, -0.05) is 0 Å². The van der Waals surface area contributed by atoms with Crippen LogP contribution >= 0.6 is 0 Å². The summed E-state index contributed by atoms with van der Waals surface area (Å²) in [6.07, 6.45) is 1.12. The highest BCUT2D eigenvalue weighted by atomic mass is 16.5. The Morgan fingerprint density at radius 2 is 2.06 bits per heavy atom. The quantitative estimate of drug-likeness (QED) is 0.766. The molecule has 3 unspecified atom stereocenters. The van der Waals surface area contributed by atoms with Gasteiger partial charge >= 0.3 is 0 Å². The Morgan fingerprint density at radius 3 is 2.61 bits per heavy atom. The van der Waals surface area contributed by atoms with E-state index >= 15 is 0 Å². The molecule has 0 bridgehead atoms. The van der Waals surface area contributed by atoms with Crippen LogP contribution in [0.3, 0.4) is 0 Å². The summed E-state index contributed by atoms with van der Waals surface area (Å²) in [6, 6.07) is 0.949. The molecule has 2 rings (SSSR count). The van der Waals surface area contributed by atoms with Gasteiger partial charge in [0.25, 0.3) is 0 Å². The van der Waals surface area contributed by atoms with Crippen LogP contribution in [0, 0.1) is 0 Å². The summed E-state index contributed by atoms with van der Waals surface area (Å²) in [5.74, 6) is 0.209. The summed E-state index contributed by atoms with van der Waals surface area (Å²) in [4.78, 5) is 16.5. The van der Waals surface area contributed by atoms with Crippen LogP contribution < -0.4 is 5.32 Å². The minimum absolute atomic E-state index is 0.0909. The fourth-order valence-corrected chi connectivity index (χ4v) is 2.80. The van der Waals surface area contributed by atoms with Gasteiger partial charge in [-0.25, -0.2) is 0 Å². The first-order valence-electron chi connectivity index (χ1n) is 6.90. The van der Waals surface area contributed by atoms with Gasteiger partial charge in [0.2, 0.25) is 5.91 Å². The zero-order valence-electron chi connectivity index (χ0n) is 11.7. The molecule has 2 fully saturated rings. The van der Waals surface area contributed by atoms with E-state index in [-0.39, 0.29) is 11.9 Å². The molecular weight excluding hydrogens is 230 g/mol. The van der Waals surface area contributed by atoms with E-state index in [4.69, 9.17) is 4.74 Å². The third-order valence-electron chi connectivity index (χ3n) is 4.07. The van der Waals surface area contributed by atoms with E-state index in [0.717, 1.165) is 26.1 Å². The number of likely N-dealkylation sites (N-methyl/N-ethyl adjacent to an activating group) is 1. The monoisotopic (exact) mass is 255 g/mol. The van der Waals surface area contributed by atoms with E-state index in [2.05, 4.69) is 24.2 Å². The van der Waals surface area contributed by atoms with Crippen LogP contribution in [0.4, 0.5) is 0 Å². The lowest BCUT2D eigenvalue weighted by Gasteiger charge is -2.30. The van der Waals surface area contributed by atoms with Crippen LogP contribution in [0.5, 0.6) is 0 Å². The number of carbonyl (C=O) groups is 1. The molecule has 1 N–H and O–H groups in total. The van der Waals surface area contributed by atoms with Crippen molar-refractivity contribution in [3.8, 4) is 0 Å². The molecule has 0 spiro atoms. The first-order valence-corrected chi connectivity index (χ1v) is 6.90. The lowest BCUT2D eigenvalue weighted by molar-refractivity contribution is -0.137. The van der Waals surface area contributed by atoms with Gasteiger partial charge in [0.05, 0.1) is 19.3 Å². The van der Waals surface area contributed by atoms with Crippen LogP contribution in [0.15, 0.2) is 0 Å². The molecule has 0 aliphatic carbocycles. The number of nitrogens with zero attached hydrogens (tertiary/aromatic N) is 2. The van der Waals surface area contributed by atoms with Crippen molar-refractivity contribution in [2.75, 3.05) is 39.9 Å². The average molecular weight is 255 g/mol. The summed E-state index contributed by atoms with van der Waals surface area (Å²) in [5, 5.41) is 3.46. The second-order valence-corrected chi connectivity index (χ2v) is 5.55. The van der Waals surface area contributed by atoms with E-state index in [1.165, 1.54) is 0 Å². The molecule has 0 saturated carbocycles. The Kier molecular flexibility index (Phi) is 4.59. The standard InChI is InChI=1S/C13H25N3O2/c1-10-8-12(9-15(10)3)14-11(2)13(17)16-4-6-18-7-5-16/h10-12,14H,4-9H2,1-3H3. The number of carbonyl (C=O) groups excluding carboxylic acids is 1. The molecule has 2 aliphatic rings. The molecule has 5 heteroatoms. The molecular formula is C13H25N3O2. The number of nitrogens with one attached hydrogen (secondary N) is 1. The highest BCUT2D eigenvalue weighted by Crippen LogP contribution is 2.15. The lowest BCUT2D eigenvalue weighted by atomic mass is 10.1. The van der Waals surface area contributed by atoms with Crippen LogP contribution in [-0.2, 0) is 9.53 Å². The predicted octanol–water partition coefficient (Wildman–Crippen LogP) is -0.0841. The van der Waals surface area contributed by atoms with Gasteiger partial charge in [0, 0.05) is 31.7 Å². The molecule has 2 aliphatic heterocycles. The summed E-state index contributed by atoms with van der Waals surface area (Å²) < 4.78 is 5.27. The van der Waals surface area contributed by atoms with Gasteiger partial charge in [-0.05, 0) is 27.3 Å². The van der Waals surface area contributed by atoms with Crippen molar-refractivity contribution < 1.29 is 9.53 Å². The highest BCUT2D eigenvalue weighted by Gasteiger charge is 2.30. The van der Waals surface area contributed by atoms with Crippen LogP contribution in [0.25, 0.3) is 0 Å². The van der Waals surface area contributed by atoms with Gasteiger partial charge in [0.15, 0.2) is 0 Å². The van der Waals surface area contributed by atoms with Gasteiger partial charge in [-0.2, -0.15) is 0 Å². The summed E-state index contributed by atoms with van der Waals surface area (Å²) in [6.45, 7) is 8.03. The molecule has 104 valence electrons. The Balaban J connectivity index is 1.80. The Hall–Kier alpha value is -0.650. The normalized spacial score (nSPS) is 31.6. The number of hydrogen-bond donors (Lipinski definition) is 1. The number of hydrogen-bond acceptors (Lipinski definition) is 4. The number of amides is 1. The molecule has 3 atom stereocenters. The van der Waals surface area contributed by atoms with Gasteiger partial charge in [0.1, 0.15) is 0 Å². The number of ether oxygens (including phenoxy) is 1. The third kappa shape index (κ3) is 3.22. The van der Waals surface area contributed by atoms with E-state index in [0.29, 0.717) is 25.3 Å². The van der Waals surface area contributed by atoms with Crippen molar-refractivity contribution in [3.63, 3.8) is 0 Å². The third-order valence-corrected chi connectivity index (χ3v) is 4.07. The molecule has 0 aromatic rings. The molecule has 0 aromatic carbocycles. The number of likely N-dealkylation sites (tertiary alicyclic amines) is 1. The highest BCUT2D eigenvalue weighted by molar-refractivity contribution is 5.81. The SMILES string of the molecule is CC(NC1CC(C)N(C)C1)C(=O)N1CCOCC1. The van der Waals surface area contributed by atoms with Crippen molar-refractivity contribution in [2.24, 2.45) is 0 Å². The minimum Gasteiger partial charge on any atom is -0.378 e. The van der Waals surface area contributed by atoms with Crippen LogP contribution in [0.2, 0.25) is 0 Å². The molecule has 0 radical (unpaired) electrons. The lowest BCUT2D eigenvalue weighted by Crippen LogP contribution is -2.51. The zero-order valence-corrected chi connectivity index (χ0v) is 11.7. The van der Waals surface area contributed by atoms with E-state index in [1.807, 2.05) is 11.8 Å². The second kappa shape index (κ2) is 5.99. The maximum absolute atomic E-state index is 12.2. The summed E-state index contributed by atoms with van der Waals surface area (Å²) in [5.41, 5.74) is 0. The molecule has 5 nitrogen and oxygen atoms in total. The topological polar surface area (TPSA) is 44.8 Å². The van der Waals surface area contributed by atoms with Gasteiger partial charge in [-0.3, -0.25) is 4.79 Å². The largest absolute Gasteiger partial charge is 0.378 e.